The molecule has 0 spiro atoms. The van der Waals surface area contributed by atoms with Gasteiger partial charge in [-0.2, -0.15) is 26.3 Å². The van der Waals surface area contributed by atoms with Gasteiger partial charge in [0.15, 0.2) is 0 Å². The van der Waals surface area contributed by atoms with Crippen LogP contribution in [0.1, 0.15) is 47.4 Å². The molecule has 2 aromatic rings. The van der Waals surface area contributed by atoms with Crippen molar-refractivity contribution in [2.45, 2.75) is 44.1 Å². The minimum atomic E-state index is -4.81. The molecule has 1 fully saturated rings. The van der Waals surface area contributed by atoms with Gasteiger partial charge in [-0.15, -0.1) is 0 Å². The lowest BCUT2D eigenvalue weighted by Gasteiger charge is -2.36. The van der Waals surface area contributed by atoms with E-state index in [0.717, 1.165) is 18.2 Å². The number of carbonyl (C=O) groups is 2. The van der Waals surface area contributed by atoms with Crippen molar-refractivity contribution in [1.29, 1.82) is 0 Å². The molecular formula is C23H20F7NO4. The molecule has 1 saturated carbocycles. The number of amides is 1. The molecule has 0 unspecified atom stereocenters. The molecule has 0 bridgehead atoms. The van der Waals surface area contributed by atoms with Gasteiger partial charge in [0, 0.05) is 0 Å². The Balaban J connectivity index is 1.91. The molecule has 190 valence electrons. The Morgan fingerprint density at radius 1 is 0.943 bits per heavy atom. The van der Waals surface area contributed by atoms with E-state index in [4.69, 9.17) is 0 Å². The number of benzene rings is 2. The first-order valence-electron chi connectivity index (χ1n) is 10.4. The zero-order valence-corrected chi connectivity index (χ0v) is 17.9. The minimum Gasteiger partial charge on any atom is -0.481 e. The molecule has 3 N–H and O–H groups in total. The van der Waals surface area contributed by atoms with Crippen LogP contribution >= 0.6 is 0 Å². The van der Waals surface area contributed by atoms with Crippen LogP contribution in [-0.2, 0) is 28.5 Å². The number of halogens is 7. The smallest absolute Gasteiger partial charge is 0.416 e. The Hall–Kier alpha value is -3.15. The Morgan fingerprint density at radius 2 is 1.54 bits per heavy atom. The second kappa shape index (κ2) is 9.84. The van der Waals surface area contributed by atoms with Crippen molar-refractivity contribution in [3.05, 3.63) is 64.5 Å². The van der Waals surface area contributed by atoms with Crippen LogP contribution in [0.2, 0.25) is 0 Å². The standard InChI is InChI=1S/C23H20F7NO4/c24-17-9-13(23(28,29)30)5-7-18(17)31-20(33)16-3-1-2-15(19(16)21(34)35)14-6-4-12(22(25,26)27)8-11(14)10-32/h4-9,15-16,19,32H,1-3,10H2,(H,31,33)(H,34,35)/t15-,16-,19-/m1/s1. The molecule has 3 atom stereocenters. The Morgan fingerprint density at radius 3 is 2.09 bits per heavy atom. The summed E-state index contributed by atoms with van der Waals surface area (Å²) in [7, 11) is 0. The zero-order chi connectivity index (χ0) is 26.1. The average molecular weight is 507 g/mol. The van der Waals surface area contributed by atoms with Gasteiger partial charge in [0.25, 0.3) is 0 Å². The highest BCUT2D eigenvalue weighted by molar-refractivity contribution is 5.95. The van der Waals surface area contributed by atoms with Crippen molar-refractivity contribution in [1.82, 2.24) is 0 Å². The summed E-state index contributed by atoms with van der Waals surface area (Å²) in [6.07, 6.45) is -8.94. The molecule has 5 nitrogen and oxygen atoms in total. The Kier molecular flexibility index (Phi) is 7.44. The van der Waals surface area contributed by atoms with Crippen molar-refractivity contribution >= 4 is 17.6 Å². The van der Waals surface area contributed by atoms with E-state index in [0.29, 0.717) is 18.6 Å². The fraction of sp³-hybridized carbons (Fsp3) is 0.391. The van der Waals surface area contributed by atoms with Crippen LogP contribution in [0.4, 0.5) is 36.4 Å². The molecule has 0 saturated heterocycles. The van der Waals surface area contributed by atoms with Crippen LogP contribution < -0.4 is 5.32 Å². The SMILES string of the molecule is O=C(O)[C@@H]1[C@@H](c2ccc(C(F)(F)F)cc2CO)CCC[C@H]1C(=O)Nc1ccc(C(F)(F)F)cc1F. The summed E-state index contributed by atoms with van der Waals surface area (Å²) in [6.45, 7) is -0.796. The number of hydrogen-bond acceptors (Lipinski definition) is 3. The van der Waals surface area contributed by atoms with Crippen LogP contribution in [0, 0.1) is 17.7 Å². The first kappa shape index (κ1) is 26.5. The van der Waals surface area contributed by atoms with Crippen molar-refractivity contribution in [3.8, 4) is 0 Å². The van der Waals surface area contributed by atoms with E-state index in [1.54, 1.807) is 0 Å². The van der Waals surface area contributed by atoms with E-state index in [1.165, 1.54) is 0 Å². The van der Waals surface area contributed by atoms with Gasteiger partial charge >= 0.3 is 18.3 Å². The fourth-order valence-electron chi connectivity index (χ4n) is 4.48. The van der Waals surface area contributed by atoms with E-state index in [9.17, 15) is 50.5 Å². The molecule has 0 radical (unpaired) electrons. The second-order valence-corrected chi connectivity index (χ2v) is 8.26. The van der Waals surface area contributed by atoms with E-state index in [-0.39, 0.29) is 30.0 Å². The fourth-order valence-corrected chi connectivity index (χ4v) is 4.48. The Bertz CT molecular complexity index is 1110. The van der Waals surface area contributed by atoms with Gasteiger partial charge in [0.2, 0.25) is 5.91 Å². The van der Waals surface area contributed by atoms with E-state index in [2.05, 4.69) is 5.32 Å². The van der Waals surface area contributed by atoms with Gasteiger partial charge < -0.3 is 15.5 Å². The van der Waals surface area contributed by atoms with Crippen LogP contribution in [0.5, 0.6) is 0 Å². The molecular weight excluding hydrogens is 487 g/mol. The quantitative estimate of drug-likeness (QED) is 0.462. The van der Waals surface area contributed by atoms with Crippen molar-refractivity contribution in [2.75, 3.05) is 5.32 Å². The predicted molar refractivity (Wildman–Crippen MR) is 109 cm³/mol. The van der Waals surface area contributed by atoms with Gasteiger partial charge in [-0.25, -0.2) is 4.39 Å². The van der Waals surface area contributed by atoms with Gasteiger partial charge in [-0.1, -0.05) is 12.5 Å². The number of carboxylic acids is 1. The first-order valence-corrected chi connectivity index (χ1v) is 10.4. The van der Waals surface area contributed by atoms with Crippen LogP contribution in [0.3, 0.4) is 0 Å². The molecule has 35 heavy (non-hydrogen) atoms. The van der Waals surface area contributed by atoms with Crippen molar-refractivity contribution < 1.29 is 50.5 Å². The molecule has 0 aromatic heterocycles. The third-order valence-electron chi connectivity index (χ3n) is 6.11. The molecule has 1 aliphatic rings. The van der Waals surface area contributed by atoms with Crippen LogP contribution in [-0.4, -0.2) is 22.1 Å². The lowest BCUT2D eigenvalue weighted by Crippen LogP contribution is -2.40. The zero-order valence-electron chi connectivity index (χ0n) is 17.9. The number of carbonyl (C=O) groups excluding carboxylic acids is 1. The number of alkyl halides is 6. The van der Waals surface area contributed by atoms with Crippen molar-refractivity contribution in [2.24, 2.45) is 11.8 Å². The van der Waals surface area contributed by atoms with Crippen LogP contribution in [0.25, 0.3) is 0 Å². The summed E-state index contributed by atoms with van der Waals surface area (Å²) >= 11 is 0. The maximum atomic E-state index is 14.2. The largest absolute Gasteiger partial charge is 0.481 e. The number of nitrogens with one attached hydrogen (secondary N) is 1. The normalized spacial score (nSPS) is 21.0. The third kappa shape index (κ3) is 5.75. The number of anilines is 1. The number of aliphatic hydroxyl groups is 1. The molecule has 0 heterocycles. The van der Waals surface area contributed by atoms with E-state index >= 15 is 0 Å². The lowest BCUT2D eigenvalue weighted by molar-refractivity contribution is -0.149. The van der Waals surface area contributed by atoms with Crippen molar-refractivity contribution in [3.63, 3.8) is 0 Å². The highest BCUT2D eigenvalue weighted by Crippen LogP contribution is 2.44. The monoisotopic (exact) mass is 507 g/mol. The number of hydrogen-bond donors (Lipinski definition) is 3. The number of aliphatic hydroxyl groups excluding tert-OH is 1. The average Bonchev–Trinajstić information content (AvgIpc) is 2.77. The summed E-state index contributed by atoms with van der Waals surface area (Å²) in [6, 6.07) is 4.03. The molecule has 1 amide bonds. The van der Waals surface area contributed by atoms with E-state index < -0.39 is 71.2 Å². The maximum absolute atomic E-state index is 14.2. The lowest BCUT2D eigenvalue weighted by atomic mass is 9.68. The predicted octanol–water partition coefficient (Wildman–Crippen LogP) is 5.58. The molecule has 1 aliphatic carbocycles. The summed E-state index contributed by atoms with van der Waals surface area (Å²) in [5.41, 5.74) is -2.86. The molecule has 2 aromatic carbocycles. The second-order valence-electron chi connectivity index (χ2n) is 8.26. The van der Waals surface area contributed by atoms with Gasteiger partial charge in [-0.05, 0) is 60.2 Å². The van der Waals surface area contributed by atoms with Gasteiger partial charge in [0.1, 0.15) is 5.82 Å². The van der Waals surface area contributed by atoms with E-state index in [1.807, 2.05) is 0 Å². The Labute approximate surface area is 194 Å². The highest BCUT2D eigenvalue weighted by Gasteiger charge is 2.44. The minimum absolute atomic E-state index is 0.0522. The van der Waals surface area contributed by atoms with Gasteiger partial charge in [-0.3, -0.25) is 9.59 Å². The number of aliphatic carboxylic acids is 1. The third-order valence-corrected chi connectivity index (χ3v) is 6.11. The summed E-state index contributed by atoms with van der Waals surface area (Å²) in [5.74, 6) is -7.34. The van der Waals surface area contributed by atoms with Crippen LogP contribution in [0.15, 0.2) is 36.4 Å². The summed E-state index contributed by atoms with van der Waals surface area (Å²) in [5, 5.41) is 21.6. The summed E-state index contributed by atoms with van der Waals surface area (Å²) < 4.78 is 91.6. The molecule has 3 rings (SSSR count). The molecule has 0 aliphatic heterocycles. The van der Waals surface area contributed by atoms with Gasteiger partial charge in [0.05, 0.1) is 35.3 Å². The number of rotatable bonds is 5. The first-order chi connectivity index (χ1) is 16.2. The summed E-state index contributed by atoms with van der Waals surface area (Å²) in [4.78, 5) is 25.0. The highest BCUT2D eigenvalue weighted by atomic mass is 19.4. The maximum Gasteiger partial charge on any atom is 0.416 e. The molecule has 12 heteroatoms. The number of carboxylic acid groups (broad SMARTS) is 1. The topological polar surface area (TPSA) is 86.6 Å².